The second kappa shape index (κ2) is 4.86. The van der Waals surface area contributed by atoms with Crippen molar-refractivity contribution in [3.05, 3.63) is 54.1 Å². The first kappa shape index (κ1) is 10.8. The van der Waals surface area contributed by atoms with Gasteiger partial charge in [0.15, 0.2) is 0 Å². The lowest BCUT2D eigenvalue weighted by molar-refractivity contribution is 0.475. The molecule has 1 N–H and O–H groups in total. The molecule has 2 aromatic rings. The van der Waals surface area contributed by atoms with E-state index in [0.717, 1.165) is 16.1 Å². The van der Waals surface area contributed by atoms with E-state index in [4.69, 9.17) is 5.11 Å². The van der Waals surface area contributed by atoms with Gasteiger partial charge in [-0.15, -0.1) is 12.6 Å². The van der Waals surface area contributed by atoms with Crippen LogP contribution in [0.5, 0.6) is 5.75 Å². The molecule has 0 spiro atoms. The van der Waals surface area contributed by atoms with Crippen LogP contribution in [0, 0.1) is 0 Å². The van der Waals surface area contributed by atoms with Gasteiger partial charge in [0.05, 0.1) is 5.69 Å². The van der Waals surface area contributed by atoms with Crippen molar-refractivity contribution in [1.29, 1.82) is 0 Å². The van der Waals surface area contributed by atoms with Crippen LogP contribution in [0.4, 0.5) is 5.69 Å². The number of hydrogen-bond donors (Lipinski definition) is 2. The van der Waals surface area contributed by atoms with Gasteiger partial charge in [0.25, 0.3) is 0 Å². The van der Waals surface area contributed by atoms with Crippen LogP contribution in [-0.4, -0.2) is 11.3 Å². The molecule has 0 atom stereocenters. The van der Waals surface area contributed by atoms with Crippen LogP contribution in [0.15, 0.2) is 58.4 Å². The quantitative estimate of drug-likeness (QED) is 0.600. The third kappa shape index (κ3) is 2.64. The molecule has 0 saturated heterocycles. The highest BCUT2D eigenvalue weighted by Gasteiger charge is 1.93. The highest BCUT2D eigenvalue weighted by atomic mass is 32.1. The van der Waals surface area contributed by atoms with Crippen LogP contribution < -0.4 is 0 Å². The minimum absolute atomic E-state index is 0.256. The summed E-state index contributed by atoms with van der Waals surface area (Å²) in [6.45, 7) is 0. The third-order valence-corrected chi connectivity index (χ3v) is 2.51. The van der Waals surface area contributed by atoms with E-state index < -0.39 is 0 Å². The highest BCUT2D eigenvalue weighted by Crippen LogP contribution is 2.21. The Morgan fingerprint density at radius 2 is 1.69 bits per heavy atom. The average molecular weight is 229 g/mol. The number of benzene rings is 2. The predicted molar refractivity (Wildman–Crippen MR) is 69.1 cm³/mol. The summed E-state index contributed by atoms with van der Waals surface area (Å²) >= 11 is 4.31. The van der Waals surface area contributed by atoms with Crippen LogP contribution in [0.1, 0.15) is 5.56 Å². The first-order valence-corrected chi connectivity index (χ1v) is 5.31. The zero-order chi connectivity index (χ0) is 11.4. The van der Waals surface area contributed by atoms with Gasteiger partial charge in [-0.1, -0.05) is 12.1 Å². The predicted octanol–water partition coefficient (Wildman–Crippen LogP) is 3.43. The van der Waals surface area contributed by atoms with E-state index in [2.05, 4.69) is 17.6 Å². The first-order valence-electron chi connectivity index (χ1n) is 4.87. The molecule has 0 saturated carbocycles. The number of phenolic OH excluding ortho intramolecular Hbond substituents is 1. The summed E-state index contributed by atoms with van der Waals surface area (Å²) in [5, 5.41) is 9.13. The van der Waals surface area contributed by atoms with E-state index in [1.807, 2.05) is 24.3 Å². The Hall–Kier alpha value is -1.74. The fourth-order valence-corrected chi connectivity index (χ4v) is 1.50. The molecule has 16 heavy (non-hydrogen) atoms. The molecule has 0 aliphatic rings. The van der Waals surface area contributed by atoms with E-state index in [1.54, 1.807) is 30.5 Å². The minimum Gasteiger partial charge on any atom is -0.508 e. The molecule has 0 unspecified atom stereocenters. The van der Waals surface area contributed by atoms with Crippen molar-refractivity contribution < 1.29 is 5.11 Å². The summed E-state index contributed by atoms with van der Waals surface area (Å²) < 4.78 is 0. The summed E-state index contributed by atoms with van der Waals surface area (Å²) in [7, 11) is 0. The number of aromatic hydroxyl groups is 1. The van der Waals surface area contributed by atoms with E-state index >= 15 is 0 Å². The number of phenols is 1. The Balaban J connectivity index is 2.21. The largest absolute Gasteiger partial charge is 0.508 e. The molecule has 2 aromatic carbocycles. The maximum atomic E-state index is 9.13. The van der Waals surface area contributed by atoms with Crippen molar-refractivity contribution in [1.82, 2.24) is 0 Å². The number of hydrogen-bond acceptors (Lipinski definition) is 3. The van der Waals surface area contributed by atoms with Gasteiger partial charge < -0.3 is 5.11 Å². The summed E-state index contributed by atoms with van der Waals surface area (Å²) in [5.74, 6) is 0.256. The molecule has 3 heteroatoms. The van der Waals surface area contributed by atoms with Crippen molar-refractivity contribution in [3.8, 4) is 5.75 Å². The molecule has 80 valence electrons. The number of thiol groups is 1. The van der Waals surface area contributed by atoms with Crippen molar-refractivity contribution in [2.45, 2.75) is 4.90 Å². The van der Waals surface area contributed by atoms with Crippen molar-refractivity contribution >= 4 is 24.5 Å². The molecule has 0 aliphatic heterocycles. The van der Waals surface area contributed by atoms with Crippen molar-refractivity contribution in [2.75, 3.05) is 0 Å². The fourth-order valence-electron chi connectivity index (χ4n) is 1.28. The van der Waals surface area contributed by atoms with Crippen LogP contribution in [0.2, 0.25) is 0 Å². The van der Waals surface area contributed by atoms with Gasteiger partial charge in [-0.3, -0.25) is 4.99 Å². The maximum absolute atomic E-state index is 9.13. The Morgan fingerprint density at radius 3 is 2.38 bits per heavy atom. The molecule has 0 heterocycles. The maximum Gasteiger partial charge on any atom is 0.115 e. The lowest BCUT2D eigenvalue weighted by Crippen LogP contribution is -1.79. The van der Waals surface area contributed by atoms with Crippen molar-refractivity contribution in [2.24, 2.45) is 4.99 Å². The van der Waals surface area contributed by atoms with E-state index in [9.17, 15) is 0 Å². The van der Waals surface area contributed by atoms with Gasteiger partial charge in [0, 0.05) is 11.1 Å². The normalized spacial score (nSPS) is 10.8. The molecular formula is C13H11NOS. The van der Waals surface area contributed by atoms with Crippen LogP contribution in [-0.2, 0) is 0 Å². The number of rotatable bonds is 2. The molecule has 0 bridgehead atoms. The summed E-state index contributed by atoms with van der Waals surface area (Å²) in [6.07, 6.45) is 1.74. The number of nitrogens with zero attached hydrogens (tertiary/aromatic N) is 1. The third-order valence-electron chi connectivity index (χ3n) is 2.13. The lowest BCUT2D eigenvalue weighted by atomic mass is 10.2. The Kier molecular flexibility index (Phi) is 3.27. The molecular weight excluding hydrogens is 218 g/mol. The van der Waals surface area contributed by atoms with E-state index in [1.165, 1.54) is 0 Å². The number of para-hydroxylation sites is 1. The van der Waals surface area contributed by atoms with Crippen molar-refractivity contribution in [3.63, 3.8) is 0 Å². The van der Waals surface area contributed by atoms with Crippen LogP contribution in [0.3, 0.4) is 0 Å². The van der Waals surface area contributed by atoms with Gasteiger partial charge in [-0.25, -0.2) is 0 Å². The summed E-state index contributed by atoms with van der Waals surface area (Å²) in [6, 6.07) is 14.5. The fraction of sp³-hybridized carbons (Fsp3) is 0. The number of aliphatic imine (C=N–C) groups is 1. The second-order valence-corrected chi connectivity index (χ2v) is 3.82. The Labute approximate surface area is 99.7 Å². The van der Waals surface area contributed by atoms with E-state index in [-0.39, 0.29) is 5.75 Å². The lowest BCUT2D eigenvalue weighted by Gasteiger charge is -1.97. The zero-order valence-corrected chi connectivity index (χ0v) is 9.43. The summed E-state index contributed by atoms with van der Waals surface area (Å²) in [5.41, 5.74) is 1.77. The summed E-state index contributed by atoms with van der Waals surface area (Å²) in [4.78, 5) is 5.17. The molecule has 2 rings (SSSR count). The van der Waals surface area contributed by atoms with Gasteiger partial charge in [-0.05, 0) is 42.0 Å². The van der Waals surface area contributed by atoms with Gasteiger partial charge in [0.1, 0.15) is 5.75 Å². The molecule has 0 fully saturated rings. The van der Waals surface area contributed by atoms with Crippen LogP contribution in [0.25, 0.3) is 0 Å². The molecule has 0 aliphatic carbocycles. The molecule has 2 nitrogen and oxygen atoms in total. The smallest absolute Gasteiger partial charge is 0.115 e. The zero-order valence-electron chi connectivity index (χ0n) is 8.54. The Bertz CT molecular complexity index is 506. The SMILES string of the molecule is Oc1ccc(C=Nc2ccccc2S)cc1. The standard InChI is InChI=1S/C13H11NOS/c15-11-7-5-10(6-8-11)9-14-12-3-1-2-4-13(12)16/h1-9,15-16H. The molecule has 0 aromatic heterocycles. The topological polar surface area (TPSA) is 32.6 Å². The Morgan fingerprint density at radius 1 is 1.00 bits per heavy atom. The average Bonchev–Trinajstić information content (AvgIpc) is 2.30. The first-order chi connectivity index (χ1) is 7.75. The second-order valence-electron chi connectivity index (χ2n) is 3.34. The monoisotopic (exact) mass is 229 g/mol. The van der Waals surface area contributed by atoms with Gasteiger partial charge in [0.2, 0.25) is 0 Å². The van der Waals surface area contributed by atoms with E-state index in [0.29, 0.717) is 0 Å². The van der Waals surface area contributed by atoms with Gasteiger partial charge in [-0.2, -0.15) is 0 Å². The highest BCUT2D eigenvalue weighted by molar-refractivity contribution is 7.80. The molecule has 0 radical (unpaired) electrons. The van der Waals surface area contributed by atoms with Gasteiger partial charge >= 0.3 is 0 Å². The molecule has 0 amide bonds. The van der Waals surface area contributed by atoms with Crippen LogP contribution >= 0.6 is 12.6 Å². The minimum atomic E-state index is 0.256.